The fourth-order valence-corrected chi connectivity index (χ4v) is 4.80. The number of hydrogen-bond donors (Lipinski definition) is 2. The van der Waals surface area contributed by atoms with Crippen molar-refractivity contribution < 1.29 is 19.1 Å². The molecule has 1 aromatic carbocycles. The Kier molecular flexibility index (Phi) is 23.6. The molecule has 0 saturated carbocycles. The Labute approximate surface area is 257 Å². The molecule has 0 unspecified atom stereocenters. The lowest BCUT2D eigenvalue weighted by atomic mass is 10.1. The van der Waals surface area contributed by atoms with Crippen LogP contribution in [0.5, 0.6) is 0 Å². The van der Waals surface area contributed by atoms with Crippen LogP contribution < -0.4 is 10.6 Å². The lowest BCUT2D eigenvalue weighted by Crippen LogP contribution is -2.27. The summed E-state index contributed by atoms with van der Waals surface area (Å²) in [5, 5.41) is 5.46. The van der Waals surface area contributed by atoms with Gasteiger partial charge in [0.25, 0.3) is 0 Å². The quantitative estimate of drug-likeness (QED) is 0.0825. The van der Waals surface area contributed by atoms with Crippen LogP contribution in [0.3, 0.4) is 0 Å². The highest BCUT2D eigenvalue weighted by Crippen LogP contribution is 2.15. The maximum Gasteiger partial charge on any atom is 0.412 e. The molecule has 0 radical (unpaired) electrons. The fourth-order valence-electron chi connectivity index (χ4n) is 4.80. The highest BCUT2D eigenvalue weighted by Gasteiger charge is 2.08. The zero-order valence-corrected chi connectivity index (χ0v) is 27.4. The van der Waals surface area contributed by atoms with Gasteiger partial charge in [-0.05, 0) is 51.2 Å². The Hall–Kier alpha value is -2.32. The van der Waals surface area contributed by atoms with E-state index in [2.05, 4.69) is 24.5 Å². The van der Waals surface area contributed by atoms with Crippen molar-refractivity contribution in [2.45, 2.75) is 129 Å². The van der Waals surface area contributed by atoms with E-state index in [1.165, 1.54) is 103 Å². The molecule has 8 nitrogen and oxygen atoms in total. The number of hydrogen-bond acceptors (Lipinski definition) is 6. The third kappa shape index (κ3) is 22.3. The van der Waals surface area contributed by atoms with Gasteiger partial charge < -0.3 is 9.47 Å². The van der Waals surface area contributed by atoms with Gasteiger partial charge in [-0.3, -0.25) is 20.4 Å². The first kappa shape index (κ1) is 37.7. The number of amides is 2. The van der Waals surface area contributed by atoms with Crippen LogP contribution in [0.25, 0.3) is 0 Å². The van der Waals surface area contributed by atoms with Crippen molar-refractivity contribution >= 4 is 23.6 Å². The molecule has 0 aliphatic rings. The van der Waals surface area contributed by atoms with Gasteiger partial charge >= 0.3 is 12.2 Å². The lowest BCUT2D eigenvalue weighted by molar-refractivity contribution is 0.0917. The molecule has 8 heteroatoms. The second kappa shape index (κ2) is 26.3. The van der Waals surface area contributed by atoms with Crippen LogP contribution in [0, 0.1) is 0 Å². The van der Waals surface area contributed by atoms with E-state index in [-0.39, 0.29) is 13.5 Å². The van der Waals surface area contributed by atoms with Crippen molar-refractivity contribution in [2.75, 3.05) is 51.3 Å². The van der Waals surface area contributed by atoms with Crippen molar-refractivity contribution in [1.82, 2.24) is 9.80 Å². The van der Waals surface area contributed by atoms with Crippen LogP contribution in [0.4, 0.5) is 21.0 Å². The molecule has 0 aromatic heterocycles. The van der Waals surface area contributed by atoms with Gasteiger partial charge in [-0.1, -0.05) is 117 Å². The molecule has 0 fully saturated rings. The highest BCUT2D eigenvalue weighted by atomic mass is 16.6. The predicted octanol–water partition coefficient (Wildman–Crippen LogP) is 9.62. The molecular weight excluding hydrogens is 528 g/mol. The van der Waals surface area contributed by atoms with E-state index >= 15 is 0 Å². The van der Waals surface area contributed by atoms with Crippen molar-refractivity contribution in [3.05, 3.63) is 24.3 Å². The van der Waals surface area contributed by atoms with Gasteiger partial charge in [-0.2, -0.15) is 0 Å². The molecule has 0 atom stereocenters. The van der Waals surface area contributed by atoms with Crippen molar-refractivity contribution in [1.29, 1.82) is 0 Å². The third-order valence-corrected chi connectivity index (χ3v) is 7.50. The average Bonchev–Trinajstić information content (AvgIpc) is 2.98. The topological polar surface area (TPSA) is 83.1 Å². The first-order valence-corrected chi connectivity index (χ1v) is 16.8. The fraction of sp³-hybridized carbons (Fsp3) is 0.765. The number of nitrogens with one attached hydrogen (secondary N) is 2. The van der Waals surface area contributed by atoms with Crippen LogP contribution in [-0.2, 0) is 9.47 Å². The molecule has 1 rings (SSSR count). The molecule has 1 aromatic rings. The molecule has 42 heavy (non-hydrogen) atoms. The minimum Gasteiger partial charge on any atom is -0.433 e. The van der Waals surface area contributed by atoms with Gasteiger partial charge in [0.05, 0.1) is 0 Å². The van der Waals surface area contributed by atoms with Crippen molar-refractivity contribution in [2.24, 2.45) is 0 Å². The number of carbonyl (C=O) groups is 2. The summed E-state index contributed by atoms with van der Waals surface area (Å²) >= 11 is 0. The number of unbranched alkanes of at least 4 members (excludes halogenated alkanes) is 16. The van der Waals surface area contributed by atoms with E-state index in [0.29, 0.717) is 11.4 Å². The van der Waals surface area contributed by atoms with Crippen LogP contribution in [0.15, 0.2) is 24.3 Å². The monoisotopic (exact) mass is 590 g/mol. The Morgan fingerprint density at radius 2 is 0.810 bits per heavy atom. The molecule has 0 spiro atoms. The Balaban J connectivity index is 2.09. The van der Waals surface area contributed by atoms with Gasteiger partial charge in [-0.25, -0.2) is 9.59 Å². The number of benzene rings is 1. The average molecular weight is 591 g/mol. The second-order valence-electron chi connectivity index (χ2n) is 11.8. The molecule has 2 N–H and O–H groups in total. The molecule has 0 aliphatic carbocycles. The Morgan fingerprint density at radius 3 is 1.12 bits per heavy atom. The van der Waals surface area contributed by atoms with Gasteiger partial charge in [0.1, 0.15) is 13.5 Å². The molecule has 2 amide bonds. The molecule has 0 bridgehead atoms. The minimum atomic E-state index is -0.496. The molecule has 0 saturated heterocycles. The summed E-state index contributed by atoms with van der Waals surface area (Å²) in [6.07, 6.45) is 22.3. The normalized spacial score (nSPS) is 11.2. The first-order chi connectivity index (χ1) is 20.4. The van der Waals surface area contributed by atoms with Crippen LogP contribution >= 0.6 is 0 Å². The van der Waals surface area contributed by atoms with E-state index in [1.807, 2.05) is 23.9 Å². The summed E-state index contributed by atoms with van der Waals surface area (Å²) in [5.74, 6) is 0. The van der Waals surface area contributed by atoms with Gasteiger partial charge in [-0.15, -0.1) is 0 Å². The van der Waals surface area contributed by atoms with Gasteiger partial charge in [0.15, 0.2) is 0 Å². The van der Waals surface area contributed by atoms with Crippen LogP contribution in [0.2, 0.25) is 0 Å². The zero-order chi connectivity index (χ0) is 30.7. The van der Waals surface area contributed by atoms with E-state index < -0.39 is 12.2 Å². The lowest BCUT2D eigenvalue weighted by Gasteiger charge is -2.17. The number of rotatable bonds is 26. The maximum absolute atomic E-state index is 12.2. The summed E-state index contributed by atoms with van der Waals surface area (Å²) in [5.41, 5.74) is 1.20. The van der Waals surface area contributed by atoms with E-state index in [1.54, 1.807) is 24.3 Å². The highest BCUT2D eigenvalue weighted by molar-refractivity contribution is 5.87. The van der Waals surface area contributed by atoms with Crippen LogP contribution in [-0.4, -0.2) is 62.6 Å². The molecular formula is C34H62N4O4. The SMILES string of the molecule is CCCCCCCCCCCN(C)COC(=O)Nc1ccc(NC(=O)OCN(C)CCCCCCCCCCC)cc1. The van der Waals surface area contributed by atoms with Crippen molar-refractivity contribution in [3.63, 3.8) is 0 Å². The third-order valence-electron chi connectivity index (χ3n) is 7.50. The zero-order valence-electron chi connectivity index (χ0n) is 27.4. The molecule has 0 aliphatic heterocycles. The number of ether oxygens (including phenoxy) is 2. The Morgan fingerprint density at radius 1 is 0.524 bits per heavy atom. The van der Waals surface area contributed by atoms with Crippen LogP contribution in [0.1, 0.15) is 129 Å². The maximum atomic E-state index is 12.2. The standard InChI is InChI=1S/C34H62N4O4/c1-5-7-9-11-13-15-17-19-21-27-37(3)29-41-33(39)35-31-23-25-32(26-24-31)36-34(40)42-30-38(4)28-22-20-18-16-14-12-10-8-6-2/h23-26H,5-22,27-30H2,1-4H3,(H,35,39)(H,36,40). The number of nitrogens with zero attached hydrogens (tertiary/aromatic N) is 2. The summed E-state index contributed by atoms with van der Waals surface area (Å²) in [4.78, 5) is 28.4. The van der Waals surface area contributed by atoms with Gasteiger partial charge in [0, 0.05) is 24.5 Å². The van der Waals surface area contributed by atoms with Gasteiger partial charge in [0.2, 0.25) is 0 Å². The molecule has 242 valence electrons. The van der Waals surface area contributed by atoms with E-state index in [9.17, 15) is 9.59 Å². The summed E-state index contributed by atoms with van der Waals surface area (Å²) in [7, 11) is 3.93. The Bertz CT molecular complexity index is 725. The summed E-state index contributed by atoms with van der Waals surface area (Å²) in [6.45, 7) is 6.83. The summed E-state index contributed by atoms with van der Waals surface area (Å²) < 4.78 is 10.7. The smallest absolute Gasteiger partial charge is 0.412 e. The number of carbonyl (C=O) groups excluding carboxylic acids is 2. The van der Waals surface area contributed by atoms with E-state index in [0.717, 1.165) is 25.9 Å². The summed E-state index contributed by atoms with van der Waals surface area (Å²) in [6, 6.07) is 6.88. The second-order valence-corrected chi connectivity index (χ2v) is 11.8. The number of anilines is 2. The molecule has 0 heterocycles. The largest absolute Gasteiger partial charge is 0.433 e. The first-order valence-electron chi connectivity index (χ1n) is 16.8. The van der Waals surface area contributed by atoms with E-state index in [4.69, 9.17) is 9.47 Å². The minimum absolute atomic E-state index is 0.252. The van der Waals surface area contributed by atoms with Crippen molar-refractivity contribution in [3.8, 4) is 0 Å². The predicted molar refractivity (Wildman–Crippen MR) is 176 cm³/mol.